The SMILES string of the molecule is C=C(C)C(C)(C)C(c1ccc2c(c1)C(C=O)CC2)c1ccc(NC)c(N)c1C. The smallest absolute Gasteiger partial charge is 0.127 e. The van der Waals surface area contributed by atoms with E-state index in [1.807, 2.05) is 7.05 Å². The summed E-state index contributed by atoms with van der Waals surface area (Å²) in [5.74, 6) is 0.123. The van der Waals surface area contributed by atoms with Gasteiger partial charge in [0.2, 0.25) is 0 Å². The summed E-state index contributed by atoms with van der Waals surface area (Å²) in [6.45, 7) is 13.0. The highest BCUT2D eigenvalue weighted by atomic mass is 16.1. The zero-order valence-corrected chi connectivity index (χ0v) is 17.7. The summed E-state index contributed by atoms with van der Waals surface area (Å²) >= 11 is 0. The Morgan fingerprint density at radius 2 is 2.04 bits per heavy atom. The first-order chi connectivity index (χ1) is 13.2. The molecule has 2 unspecified atom stereocenters. The number of fused-ring (bicyclic) bond motifs is 1. The van der Waals surface area contributed by atoms with Crippen molar-refractivity contribution in [1.29, 1.82) is 0 Å². The van der Waals surface area contributed by atoms with E-state index in [4.69, 9.17) is 5.73 Å². The lowest BCUT2D eigenvalue weighted by atomic mass is 9.66. The molecule has 3 heteroatoms. The minimum atomic E-state index is -0.165. The van der Waals surface area contributed by atoms with Crippen LogP contribution in [0.3, 0.4) is 0 Å². The topological polar surface area (TPSA) is 55.1 Å². The van der Waals surface area contributed by atoms with Gasteiger partial charge < -0.3 is 15.8 Å². The molecule has 0 amide bonds. The maximum Gasteiger partial charge on any atom is 0.127 e. The van der Waals surface area contributed by atoms with Crippen LogP contribution in [-0.4, -0.2) is 13.3 Å². The standard InChI is InChI=1S/C25H32N2O/c1-15(2)25(4,5)23(20-11-12-22(27-6)24(26)16(20)3)18-9-7-17-8-10-19(14-28)21(17)13-18/h7,9,11-14,19,23,27H,1,8,10,26H2,2-6H3. The summed E-state index contributed by atoms with van der Waals surface area (Å²) in [5.41, 5.74) is 15.1. The molecule has 148 valence electrons. The normalized spacial score (nSPS) is 17.1. The van der Waals surface area contributed by atoms with Crippen molar-refractivity contribution >= 4 is 17.7 Å². The Morgan fingerprint density at radius 3 is 2.64 bits per heavy atom. The zero-order valence-electron chi connectivity index (χ0n) is 17.7. The highest BCUT2D eigenvalue weighted by Gasteiger charge is 2.35. The van der Waals surface area contributed by atoms with Gasteiger partial charge in [0.1, 0.15) is 6.29 Å². The Balaban J connectivity index is 2.22. The van der Waals surface area contributed by atoms with Crippen LogP contribution in [0.2, 0.25) is 0 Å². The molecule has 0 fully saturated rings. The van der Waals surface area contributed by atoms with Crippen LogP contribution < -0.4 is 11.1 Å². The van der Waals surface area contributed by atoms with Gasteiger partial charge in [-0.1, -0.05) is 50.3 Å². The Kier molecular flexibility index (Phi) is 5.38. The number of nitrogens with one attached hydrogen (secondary N) is 1. The van der Waals surface area contributed by atoms with E-state index in [0.29, 0.717) is 0 Å². The Bertz CT molecular complexity index is 926. The van der Waals surface area contributed by atoms with E-state index in [2.05, 4.69) is 69.9 Å². The van der Waals surface area contributed by atoms with Crippen LogP contribution in [0.15, 0.2) is 42.5 Å². The third kappa shape index (κ3) is 3.23. The van der Waals surface area contributed by atoms with E-state index in [1.165, 1.54) is 22.3 Å². The zero-order chi connectivity index (χ0) is 20.6. The first-order valence-corrected chi connectivity index (χ1v) is 10.0. The van der Waals surface area contributed by atoms with Gasteiger partial charge in [-0.15, -0.1) is 0 Å². The van der Waals surface area contributed by atoms with Crippen LogP contribution in [0.1, 0.15) is 66.8 Å². The second kappa shape index (κ2) is 7.46. The number of nitrogens with two attached hydrogens (primary N) is 1. The fourth-order valence-corrected chi connectivity index (χ4v) is 4.48. The highest BCUT2D eigenvalue weighted by molar-refractivity contribution is 5.72. The first-order valence-electron chi connectivity index (χ1n) is 10.0. The Labute approximate surface area is 169 Å². The van der Waals surface area contributed by atoms with E-state index in [9.17, 15) is 4.79 Å². The molecule has 0 heterocycles. The molecule has 0 bridgehead atoms. The lowest BCUT2D eigenvalue weighted by molar-refractivity contribution is -0.109. The summed E-state index contributed by atoms with van der Waals surface area (Å²) < 4.78 is 0. The number of carbonyl (C=O) groups excluding carboxylic acids is 1. The van der Waals surface area contributed by atoms with Gasteiger partial charge in [-0.05, 0) is 66.0 Å². The molecule has 3 N–H and O–H groups in total. The van der Waals surface area contributed by atoms with Gasteiger partial charge in [0, 0.05) is 18.9 Å². The minimum Gasteiger partial charge on any atom is -0.397 e. The largest absolute Gasteiger partial charge is 0.397 e. The number of aldehydes is 1. The van der Waals surface area contributed by atoms with E-state index >= 15 is 0 Å². The number of carbonyl (C=O) groups is 1. The van der Waals surface area contributed by atoms with Gasteiger partial charge in [-0.3, -0.25) is 0 Å². The van der Waals surface area contributed by atoms with Gasteiger partial charge in [0.25, 0.3) is 0 Å². The molecule has 0 radical (unpaired) electrons. The Morgan fingerprint density at radius 1 is 1.32 bits per heavy atom. The van der Waals surface area contributed by atoms with Crippen molar-refractivity contribution in [3.05, 3.63) is 70.3 Å². The lowest BCUT2D eigenvalue weighted by Crippen LogP contribution is -2.25. The van der Waals surface area contributed by atoms with Crippen molar-refractivity contribution in [3.63, 3.8) is 0 Å². The van der Waals surface area contributed by atoms with E-state index in [0.717, 1.165) is 41.6 Å². The number of benzene rings is 2. The average Bonchev–Trinajstić information content (AvgIpc) is 3.07. The van der Waals surface area contributed by atoms with Gasteiger partial charge in [0.15, 0.2) is 0 Å². The first kappa shape index (κ1) is 20.2. The molecule has 28 heavy (non-hydrogen) atoms. The molecule has 3 rings (SSSR count). The van der Waals surface area contributed by atoms with Crippen molar-refractivity contribution in [2.45, 2.75) is 52.4 Å². The van der Waals surface area contributed by atoms with Crippen LogP contribution in [-0.2, 0) is 11.2 Å². The molecule has 2 aromatic rings. The molecular weight excluding hydrogens is 344 g/mol. The highest BCUT2D eigenvalue weighted by Crippen LogP contribution is 2.48. The summed E-state index contributed by atoms with van der Waals surface area (Å²) in [6, 6.07) is 10.9. The maximum absolute atomic E-state index is 11.6. The van der Waals surface area contributed by atoms with Crippen LogP contribution in [0.25, 0.3) is 0 Å². The number of aryl methyl sites for hydroxylation is 1. The minimum absolute atomic E-state index is 0.0152. The van der Waals surface area contributed by atoms with Crippen LogP contribution in [0, 0.1) is 12.3 Å². The molecule has 0 spiro atoms. The summed E-state index contributed by atoms with van der Waals surface area (Å²) in [6.07, 6.45) is 3.00. The number of anilines is 2. The number of nitrogen functional groups attached to an aromatic ring is 1. The van der Waals surface area contributed by atoms with E-state index < -0.39 is 0 Å². The molecule has 0 saturated heterocycles. The summed E-state index contributed by atoms with van der Waals surface area (Å²) in [4.78, 5) is 11.6. The third-order valence-corrected chi connectivity index (χ3v) is 6.75. The number of allylic oxidation sites excluding steroid dienone is 1. The quantitative estimate of drug-likeness (QED) is 0.393. The van der Waals surface area contributed by atoms with E-state index in [-0.39, 0.29) is 17.3 Å². The summed E-state index contributed by atoms with van der Waals surface area (Å²) in [7, 11) is 1.89. The molecule has 3 nitrogen and oxygen atoms in total. The van der Waals surface area contributed by atoms with E-state index in [1.54, 1.807) is 0 Å². The van der Waals surface area contributed by atoms with Crippen LogP contribution >= 0.6 is 0 Å². The number of hydrogen-bond donors (Lipinski definition) is 2. The maximum atomic E-state index is 11.6. The molecule has 0 aliphatic heterocycles. The fourth-order valence-electron chi connectivity index (χ4n) is 4.48. The second-order valence-electron chi connectivity index (χ2n) is 8.67. The summed E-state index contributed by atoms with van der Waals surface area (Å²) in [5, 5.41) is 3.17. The van der Waals surface area contributed by atoms with Crippen molar-refractivity contribution in [2.75, 3.05) is 18.1 Å². The van der Waals surface area contributed by atoms with Gasteiger partial charge in [0.05, 0.1) is 11.4 Å². The van der Waals surface area contributed by atoms with Crippen LogP contribution in [0.5, 0.6) is 0 Å². The fraction of sp³-hybridized carbons (Fsp3) is 0.400. The van der Waals surface area contributed by atoms with Crippen molar-refractivity contribution in [2.24, 2.45) is 5.41 Å². The monoisotopic (exact) mass is 376 g/mol. The van der Waals surface area contributed by atoms with Crippen molar-refractivity contribution in [1.82, 2.24) is 0 Å². The van der Waals surface area contributed by atoms with Crippen LogP contribution in [0.4, 0.5) is 11.4 Å². The van der Waals surface area contributed by atoms with Crippen molar-refractivity contribution < 1.29 is 4.79 Å². The average molecular weight is 377 g/mol. The van der Waals surface area contributed by atoms with Gasteiger partial charge in [-0.2, -0.15) is 0 Å². The van der Waals surface area contributed by atoms with Gasteiger partial charge >= 0.3 is 0 Å². The molecule has 0 aromatic heterocycles. The second-order valence-corrected chi connectivity index (χ2v) is 8.67. The molecule has 1 aliphatic rings. The van der Waals surface area contributed by atoms with Crippen molar-refractivity contribution in [3.8, 4) is 0 Å². The molecule has 2 atom stereocenters. The van der Waals surface area contributed by atoms with Gasteiger partial charge in [-0.25, -0.2) is 0 Å². The molecular formula is C25H32N2O. The number of hydrogen-bond acceptors (Lipinski definition) is 3. The lowest BCUT2D eigenvalue weighted by Gasteiger charge is -2.37. The predicted molar refractivity (Wildman–Crippen MR) is 119 cm³/mol. The third-order valence-electron chi connectivity index (χ3n) is 6.75. The predicted octanol–water partition coefficient (Wildman–Crippen LogP) is 5.58. The molecule has 0 saturated carbocycles. The molecule has 2 aromatic carbocycles. The Hall–Kier alpha value is -2.55. The number of rotatable bonds is 6. The molecule has 1 aliphatic carbocycles.